The summed E-state index contributed by atoms with van der Waals surface area (Å²) in [6.45, 7) is 14.6. The van der Waals surface area contributed by atoms with Crippen LogP contribution in [0.1, 0.15) is 80.1 Å². The zero-order valence-electron chi connectivity index (χ0n) is 19.4. The van der Waals surface area contributed by atoms with Crippen LogP contribution in [0.5, 0.6) is 0 Å². The van der Waals surface area contributed by atoms with Gasteiger partial charge in [0.25, 0.3) is 0 Å². The summed E-state index contributed by atoms with van der Waals surface area (Å²) in [5.41, 5.74) is 4.78. The highest BCUT2D eigenvalue weighted by Gasteiger charge is 2.53. The minimum Gasteiger partial charge on any atom is -0.290 e. The number of hydrogen-bond acceptors (Lipinski definition) is 1. The molecule has 0 spiro atoms. The van der Waals surface area contributed by atoms with E-state index in [9.17, 15) is 4.79 Å². The summed E-state index contributed by atoms with van der Waals surface area (Å²) >= 11 is 0. The molecule has 0 aromatic carbocycles. The van der Waals surface area contributed by atoms with E-state index in [4.69, 9.17) is 0 Å². The molecule has 0 aromatic heterocycles. The molecule has 4 aliphatic rings. The van der Waals surface area contributed by atoms with Gasteiger partial charge in [-0.1, -0.05) is 71.3 Å². The predicted molar refractivity (Wildman–Crippen MR) is 122 cm³/mol. The van der Waals surface area contributed by atoms with Gasteiger partial charge in [0.15, 0.2) is 5.78 Å². The molecule has 158 valence electrons. The highest BCUT2D eigenvalue weighted by molar-refractivity contribution is 6.02. The fourth-order valence-electron chi connectivity index (χ4n) is 7.03. The number of rotatable bonds is 5. The van der Waals surface area contributed by atoms with Crippen molar-refractivity contribution in [3.63, 3.8) is 0 Å². The van der Waals surface area contributed by atoms with E-state index in [0.717, 1.165) is 23.7 Å². The Labute approximate surface area is 178 Å². The number of fused-ring (bicyclic) bond motifs is 4. The van der Waals surface area contributed by atoms with Gasteiger partial charge < -0.3 is 0 Å². The summed E-state index contributed by atoms with van der Waals surface area (Å²) in [6, 6.07) is 0. The number of hydrogen-bond donors (Lipinski definition) is 0. The number of allylic oxidation sites excluding steroid dienone is 8. The summed E-state index contributed by atoms with van der Waals surface area (Å²) in [4.78, 5) is 11.9. The van der Waals surface area contributed by atoms with Crippen molar-refractivity contribution in [2.24, 2.45) is 40.4 Å². The normalized spacial score (nSPS) is 37.9. The molecule has 0 aromatic rings. The smallest absolute Gasteiger partial charge is 0.178 e. The molecule has 0 N–H and O–H groups in total. The third-order valence-corrected chi connectivity index (χ3v) is 9.50. The lowest BCUT2D eigenvalue weighted by atomic mass is 9.55. The summed E-state index contributed by atoms with van der Waals surface area (Å²) in [5.74, 6) is 4.12. The van der Waals surface area contributed by atoms with Crippen LogP contribution in [0.4, 0.5) is 0 Å². The van der Waals surface area contributed by atoms with E-state index in [1.807, 2.05) is 6.08 Å². The second-order valence-corrected chi connectivity index (χ2v) is 11.3. The Bertz CT molecular complexity index is 806. The number of carbonyl (C=O) groups is 1. The fraction of sp³-hybridized carbons (Fsp3) is 0.679. The molecule has 1 heteroatoms. The molecule has 29 heavy (non-hydrogen) atoms. The van der Waals surface area contributed by atoms with E-state index in [2.05, 4.69) is 59.8 Å². The van der Waals surface area contributed by atoms with Crippen LogP contribution in [0, 0.1) is 40.4 Å². The average Bonchev–Trinajstić information content (AvgIpc) is 3.03. The van der Waals surface area contributed by atoms with Gasteiger partial charge in [-0.05, 0) is 90.9 Å². The van der Waals surface area contributed by atoms with Crippen molar-refractivity contribution in [2.75, 3.05) is 0 Å². The highest BCUT2D eigenvalue weighted by Crippen LogP contribution is 2.63. The Morgan fingerprint density at radius 2 is 1.79 bits per heavy atom. The van der Waals surface area contributed by atoms with Crippen molar-refractivity contribution in [1.82, 2.24) is 0 Å². The molecule has 0 aliphatic heterocycles. The molecule has 0 saturated heterocycles. The van der Waals surface area contributed by atoms with Crippen molar-refractivity contribution < 1.29 is 4.79 Å². The molecule has 0 amide bonds. The van der Waals surface area contributed by atoms with Crippen LogP contribution in [-0.4, -0.2) is 5.78 Å². The Morgan fingerprint density at radius 3 is 2.52 bits per heavy atom. The quantitative estimate of drug-likeness (QED) is 0.474. The van der Waals surface area contributed by atoms with E-state index in [-0.39, 0.29) is 11.2 Å². The van der Waals surface area contributed by atoms with Gasteiger partial charge in [-0.15, -0.1) is 0 Å². The molecule has 0 bridgehead atoms. The molecule has 1 nitrogen and oxygen atoms in total. The van der Waals surface area contributed by atoms with Crippen LogP contribution >= 0.6 is 0 Å². The van der Waals surface area contributed by atoms with Crippen LogP contribution in [0.25, 0.3) is 0 Å². The minimum atomic E-state index is -0.0598. The highest BCUT2D eigenvalue weighted by atomic mass is 16.1. The first-order chi connectivity index (χ1) is 13.7. The van der Waals surface area contributed by atoms with Crippen LogP contribution in [0.3, 0.4) is 0 Å². The Hall–Kier alpha value is -1.37. The molecule has 0 heterocycles. The Kier molecular flexibility index (Phi) is 5.33. The minimum absolute atomic E-state index is 0.0598. The molecule has 1 saturated carbocycles. The summed E-state index contributed by atoms with van der Waals surface area (Å²) in [6.07, 6.45) is 18.4. The Morgan fingerprint density at radius 1 is 1.03 bits per heavy atom. The van der Waals surface area contributed by atoms with Gasteiger partial charge in [-0.25, -0.2) is 0 Å². The number of carbonyl (C=O) groups excluding carboxylic acids is 1. The lowest BCUT2D eigenvalue weighted by Crippen LogP contribution is -2.39. The standard InChI is InChI=1S/C28H40O/c1-18(2)19(3)7-8-20(4)24-11-12-25-23-10-9-21-17-22(29)13-15-27(21,5)26(23)14-16-28(24,25)6/h9-10,13,15,17-20,24-25H,7-8,11-12,14,16H2,1-6H3/t19-,20-,24-,25+,27+,28-/m1/s1. The first-order valence-corrected chi connectivity index (χ1v) is 12.0. The van der Waals surface area contributed by atoms with Crippen LogP contribution in [-0.2, 0) is 4.79 Å². The van der Waals surface area contributed by atoms with Crippen LogP contribution < -0.4 is 0 Å². The maximum Gasteiger partial charge on any atom is 0.178 e. The first kappa shape index (κ1) is 20.9. The number of ketones is 1. The lowest BCUT2D eigenvalue weighted by Gasteiger charge is -2.49. The van der Waals surface area contributed by atoms with Gasteiger partial charge in [0.05, 0.1) is 0 Å². The summed E-state index contributed by atoms with van der Waals surface area (Å²) in [7, 11) is 0. The molecule has 4 rings (SSSR count). The van der Waals surface area contributed by atoms with Gasteiger partial charge in [0.2, 0.25) is 0 Å². The Balaban J connectivity index is 1.57. The third kappa shape index (κ3) is 3.33. The topological polar surface area (TPSA) is 17.1 Å². The first-order valence-electron chi connectivity index (χ1n) is 12.0. The van der Waals surface area contributed by atoms with E-state index in [1.54, 1.807) is 17.2 Å². The predicted octanol–water partition coefficient (Wildman–Crippen LogP) is 7.46. The largest absolute Gasteiger partial charge is 0.290 e. The van der Waals surface area contributed by atoms with E-state index in [1.165, 1.54) is 44.1 Å². The van der Waals surface area contributed by atoms with E-state index >= 15 is 0 Å². The zero-order valence-corrected chi connectivity index (χ0v) is 19.4. The van der Waals surface area contributed by atoms with Crippen LogP contribution in [0.15, 0.2) is 47.1 Å². The summed E-state index contributed by atoms with van der Waals surface area (Å²) in [5, 5.41) is 0. The molecule has 0 unspecified atom stereocenters. The van der Waals surface area contributed by atoms with Crippen molar-refractivity contribution in [1.29, 1.82) is 0 Å². The molecular formula is C28H40O. The van der Waals surface area contributed by atoms with Crippen molar-refractivity contribution in [2.45, 2.75) is 80.1 Å². The molecule has 0 radical (unpaired) electrons. The van der Waals surface area contributed by atoms with Gasteiger partial charge in [-0.3, -0.25) is 4.79 Å². The molecular weight excluding hydrogens is 352 g/mol. The maximum absolute atomic E-state index is 11.9. The second kappa shape index (κ2) is 7.40. The van der Waals surface area contributed by atoms with Gasteiger partial charge in [0, 0.05) is 5.41 Å². The average molecular weight is 393 g/mol. The van der Waals surface area contributed by atoms with Gasteiger partial charge >= 0.3 is 0 Å². The third-order valence-electron chi connectivity index (χ3n) is 9.50. The van der Waals surface area contributed by atoms with Crippen LogP contribution in [0.2, 0.25) is 0 Å². The van der Waals surface area contributed by atoms with E-state index in [0.29, 0.717) is 11.3 Å². The zero-order chi connectivity index (χ0) is 21.0. The fourth-order valence-corrected chi connectivity index (χ4v) is 7.03. The second-order valence-electron chi connectivity index (χ2n) is 11.3. The molecule has 4 aliphatic carbocycles. The molecule has 6 atom stereocenters. The monoisotopic (exact) mass is 392 g/mol. The van der Waals surface area contributed by atoms with Crippen molar-refractivity contribution in [3.05, 3.63) is 47.1 Å². The van der Waals surface area contributed by atoms with E-state index < -0.39 is 0 Å². The maximum atomic E-state index is 11.9. The summed E-state index contributed by atoms with van der Waals surface area (Å²) < 4.78 is 0. The van der Waals surface area contributed by atoms with Gasteiger partial charge in [0.1, 0.15) is 0 Å². The lowest BCUT2D eigenvalue weighted by molar-refractivity contribution is -0.110. The van der Waals surface area contributed by atoms with Crippen molar-refractivity contribution >= 4 is 5.78 Å². The SMILES string of the molecule is CC(C)[C@H](C)CC[C@@H](C)[C@H]1CC[C@H]2C3=C(CC[C@]12C)[C@@]1(C)C=CC(=O)C=C1C=C3. The molecule has 1 fully saturated rings. The van der Waals surface area contributed by atoms with Crippen molar-refractivity contribution in [3.8, 4) is 0 Å². The van der Waals surface area contributed by atoms with Gasteiger partial charge in [-0.2, -0.15) is 0 Å².